The van der Waals surface area contributed by atoms with Crippen molar-refractivity contribution in [3.8, 4) is 11.4 Å². The molecule has 1 N–H and O–H groups in total. The highest BCUT2D eigenvalue weighted by Crippen LogP contribution is 2.32. The fourth-order valence-electron chi connectivity index (χ4n) is 2.29. The highest BCUT2D eigenvalue weighted by Gasteiger charge is 2.23. The molecule has 1 heterocycles. The summed E-state index contributed by atoms with van der Waals surface area (Å²) in [7, 11) is 0. The predicted molar refractivity (Wildman–Crippen MR) is 61.2 cm³/mol. The van der Waals surface area contributed by atoms with Crippen molar-refractivity contribution in [1.29, 1.82) is 0 Å². The number of ketones is 1. The van der Waals surface area contributed by atoms with Crippen molar-refractivity contribution in [2.75, 3.05) is 0 Å². The zero-order chi connectivity index (χ0) is 11.7. The molecule has 0 spiro atoms. The van der Waals surface area contributed by atoms with E-state index in [2.05, 4.69) is 32.8 Å². The molecule has 2 aromatic rings. The summed E-state index contributed by atoms with van der Waals surface area (Å²) in [6.07, 6.45) is 2.37. The van der Waals surface area contributed by atoms with Crippen molar-refractivity contribution in [1.82, 2.24) is 20.6 Å². The van der Waals surface area contributed by atoms with Crippen molar-refractivity contribution in [3.63, 3.8) is 0 Å². The Morgan fingerprint density at radius 3 is 2.65 bits per heavy atom. The Morgan fingerprint density at radius 2 is 2.06 bits per heavy atom. The average Bonchev–Trinajstić information content (AvgIpc) is 3.00. The van der Waals surface area contributed by atoms with E-state index >= 15 is 0 Å². The van der Waals surface area contributed by atoms with Gasteiger partial charge in [0.2, 0.25) is 5.82 Å². The summed E-state index contributed by atoms with van der Waals surface area (Å²) in [5, 5.41) is 13.8. The van der Waals surface area contributed by atoms with Gasteiger partial charge in [-0.25, -0.2) is 0 Å². The van der Waals surface area contributed by atoms with Crippen LogP contribution < -0.4 is 0 Å². The van der Waals surface area contributed by atoms with Gasteiger partial charge in [-0.1, -0.05) is 24.3 Å². The number of hydrogen-bond donors (Lipinski definition) is 1. The number of nitrogens with one attached hydrogen (secondary N) is 1. The van der Waals surface area contributed by atoms with Gasteiger partial charge in [0.05, 0.1) is 0 Å². The number of carbonyl (C=O) groups is 1. The zero-order valence-electron chi connectivity index (χ0n) is 9.26. The second-order valence-electron chi connectivity index (χ2n) is 4.34. The molecule has 1 aromatic carbocycles. The number of tetrazole rings is 1. The SMILES string of the molecule is O=C1CC[C@H](c2ccc(-c3nn[nH]n3)cc2)C1. The molecule has 0 aliphatic heterocycles. The van der Waals surface area contributed by atoms with Crippen molar-refractivity contribution in [3.05, 3.63) is 29.8 Å². The molecular weight excluding hydrogens is 216 g/mol. The van der Waals surface area contributed by atoms with Crippen LogP contribution in [-0.4, -0.2) is 26.4 Å². The number of H-pyrrole nitrogens is 1. The molecule has 0 amide bonds. The van der Waals surface area contributed by atoms with Gasteiger partial charge >= 0.3 is 0 Å². The molecule has 1 atom stereocenters. The van der Waals surface area contributed by atoms with E-state index in [9.17, 15) is 4.79 Å². The summed E-state index contributed by atoms with van der Waals surface area (Å²) in [4.78, 5) is 11.2. The van der Waals surface area contributed by atoms with Crippen LogP contribution in [0.3, 0.4) is 0 Å². The number of aromatic amines is 1. The highest BCUT2D eigenvalue weighted by molar-refractivity contribution is 5.81. The Kier molecular flexibility index (Phi) is 2.44. The maximum absolute atomic E-state index is 11.2. The van der Waals surface area contributed by atoms with E-state index in [-0.39, 0.29) is 0 Å². The number of benzene rings is 1. The van der Waals surface area contributed by atoms with Gasteiger partial charge in [-0.3, -0.25) is 4.79 Å². The maximum atomic E-state index is 11.2. The van der Waals surface area contributed by atoms with Crippen LogP contribution in [0.25, 0.3) is 11.4 Å². The van der Waals surface area contributed by atoms with Crippen LogP contribution in [0.4, 0.5) is 0 Å². The lowest BCUT2D eigenvalue weighted by atomic mass is 9.96. The monoisotopic (exact) mass is 228 g/mol. The van der Waals surface area contributed by atoms with E-state index in [1.54, 1.807) is 0 Å². The number of carbonyl (C=O) groups excluding carboxylic acids is 1. The molecule has 0 bridgehead atoms. The number of hydrogen-bond acceptors (Lipinski definition) is 4. The third kappa shape index (κ3) is 1.95. The second kappa shape index (κ2) is 4.08. The van der Waals surface area contributed by atoms with Crippen LogP contribution in [0.2, 0.25) is 0 Å². The van der Waals surface area contributed by atoms with Gasteiger partial charge in [-0.05, 0) is 23.1 Å². The summed E-state index contributed by atoms with van der Waals surface area (Å²) in [6, 6.07) is 8.05. The number of aromatic nitrogens is 4. The third-order valence-corrected chi connectivity index (χ3v) is 3.23. The minimum Gasteiger partial charge on any atom is -0.300 e. The summed E-state index contributed by atoms with van der Waals surface area (Å²) in [6.45, 7) is 0. The van der Waals surface area contributed by atoms with Crippen LogP contribution in [0.15, 0.2) is 24.3 Å². The predicted octanol–water partition coefficient (Wildman–Crippen LogP) is 1.70. The van der Waals surface area contributed by atoms with Crippen LogP contribution in [0, 0.1) is 0 Å². The normalized spacial score (nSPS) is 19.8. The van der Waals surface area contributed by atoms with Gasteiger partial charge in [0.15, 0.2) is 0 Å². The Morgan fingerprint density at radius 1 is 1.24 bits per heavy atom. The maximum Gasteiger partial charge on any atom is 0.204 e. The van der Waals surface area contributed by atoms with Crippen LogP contribution >= 0.6 is 0 Å². The average molecular weight is 228 g/mol. The van der Waals surface area contributed by atoms with E-state index in [4.69, 9.17) is 0 Å². The molecule has 1 aliphatic rings. The molecule has 1 aliphatic carbocycles. The summed E-state index contributed by atoms with van der Waals surface area (Å²) in [5.41, 5.74) is 2.16. The number of nitrogens with zero attached hydrogens (tertiary/aromatic N) is 3. The number of Topliss-reactive ketones (excluding diaryl/α,β-unsaturated/α-hetero) is 1. The Labute approximate surface area is 98.2 Å². The van der Waals surface area contributed by atoms with Gasteiger partial charge in [-0.15, -0.1) is 10.2 Å². The van der Waals surface area contributed by atoms with Crippen molar-refractivity contribution in [2.24, 2.45) is 0 Å². The molecule has 0 radical (unpaired) electrons. The molecule has 5 nitrogen and oxygen atoms in total. The van der Waals surface area contributed by atoms with Gasteiger partial charge in [0, 0.05) is 18.4 Å². The van der Waals surface area contributed by atoms with Crippen molar-refractivity contribution in [2.45, 2.75) is 25.2 Å². The van der Waals surface area contributed by atoms with E-state index in [1.165, 1.54) is 5.56 Å². The molecule has 86 valence electrons. The largest absolute Gasteiger partial charge is 0.300 e. The minimum absolute atomic E-state index is 0.372. The molecule has 3 rings (SSSR count). The first-order valence-electron chi connectivity index (χ1n) is 5.68. The second-order valence-corrected chi connectivity index (χ2v) is 4.34. The molecule has 1 fully saturated rings. The highest BCUT2D eigenvalue weighted by atomic mass is 16.1. The van der Waals surface area contributed by atoms with Gasteiger partial charge in [-0.2, -0.15) is 5.21 Å². The third-order valence-electron chi connectivity index (χ3n) is 3.23. The molecule has 0 unspecified atom stereocenters. The molecular formula is C12H12N4O. The van der Waals surface area contributed by atoms with Crippen LogP contribution in [-0.2, 0) is 4.79 Å². The Balaban J connectivity index is 1.83. The van der Waals surface area contributed by atoms with Gasteiger partial charge < -0.3 is 0 Å². The molecule has 1 aromatic heterocycles. The van der Waals surface area contributed by atoms with Crippen molar-refractivity contribution >= 4 is 5.78 Å². The van der Waals surface area contributed by atoms with Crippen LogP contribution in [0.1, 0.15) is 30.7 Å². The Hall–Kier alpha value is -2.04. The first kappa shape index (κ1) is 10.1. The van der Waals surface area contributed by atoms with E-state index in [1.807, 2.05) is 12.1 Å². The fourth-order valence-corrected chi connectivity index (χ4v) is 2.29. The fraction of sp³-hybridized carbons (Fsp3) is 0.333. The summed E-state index contributed by atoms with van der Waals surface area (Å²) in [5.74, 6) is 1.36. The lowest BCUT2D eigenvalue weighted by molar-refractivity contribution is -0.117. The summed E-state index contributed by atoms with van der Waals surface area (Å²) < 4.78 is 0. The molecule has 0 saturated heterocycles. The lowest BCUT2D eigenvalue weighted by Crippen LogP contribution is -1.94. The van der Waals surface area contributed by atoms with Gasteiger partial charge in [0.25, 0.3) is 0 Å². The lowest BCUT2D eigenvalue weighted by Gasteiger charge is -2.08. The topological polar surface area (TPSA) is 71.5 Å². The minimum atomic E-state index is 0.372. The first-order chi connectivity index (χ1) is 8.33. The van der Waals surface area contributed by atoms with E-state index < -0.39 is 0 Å². The standard InChI is InChI=1S/C12H12N4O/c17-11-6-5-10(7-11)8-1-3-9(4-2-8)12-13-15-16-14-12/h1-4,10H,5-7H2,(H,13,14,15,16)/t10-/m0/s1. The van der Waals surface area contributed by atoms with E-state index in [0.29, 0.717) is 23.9 Å². The van der Waals surface area contributed by atoms with Crippen molar-refractivity contribution < 1.29 is 4.79 Å². The zero-order valence-corrected chi connectivity index (χ0v) is 9.26. The molecule has 17 heavy (non-hydrogen) atoms. The Bertz CT molecular complexity index is 518. The first-order valence-corrected chi connectivity index (χ1v) is 5.68. The molecule has 1 saturated carbocycles. The summed E-state index contributed by atoms with van der Waals surface area (Å²) >= 11 is 0. The molecule has 5 heteroatoms. The van der Waals surface area contributed by atoms with Gasteiger partial charge in [0.1, 0.15) is 5.78 Å². The number of rotatable bonds is 2. The quantitative estimate of drug-likeness (QED) is 0.849. The van der Waals surface area contributed by atoms with Crippen LogP contribution in [0.5, 0.6) is 0 Å². The smallest absolute Gasteiger partial charge is 0.204 e. The van der Waals surface area contributed by atoms with E-state index in [0.717, 1.165) is 18.4 Å².